The van der Waals surface area contributed by atoms with Crippen LogP contribution < -0.4 is 0 Å². The molecule has 5 aliphatic rings. The van der Waals surface area contributed by atoms with Crippen molar-refractivity contribution in [3.8, 4) is 0 Å². The highest BCUT2D eigenvalue weighted by molar-refractivity contribution is 5.87. The van der Waals surface area contributed by atoms with Gasteiger partial charge in [-0.2, -0.15) is 0 Å². The second-order valence-electron chi connectivity index (χ2n) is 9.30. The molecule has 24 heavy (non-hydrogen) atoms. The zero-order chi connectivity index (χ0) is 16.5. The van der Waals surface area contributed by atoms with Crippen LogP contribution in [-0.4, -0.2) is 24.8 Å². The molecule has 1 spiro atoms. The van der Waals surface area contributed by atoms with Crippen LogP contribution in [0.5, 0.6) is 0 Å². The number of carbonyl (C=O) groups is 1. The molecule has 0 aromatic heterocycles. The Morgan fingerprint density at radius 2 is 1.88 bits per heavy atom. The van der Waals surface area contributed by atoms with E-state index in [4.69, 9.17) is 9.47 Å². The van der Waals surface area contributed by atoms with E-state index in [2.05, 4.69) is 13.8 Å². The number of Topliss-reactive ketones (excluding diaryl/α,β-unsaturated/α-hetero) is 1. The molecule has 1 aliphatic heterocycles. The van der Waals surface area contributed by atoms with Gasteiger partial charge in [-0.05, 0) is 55.8 Å². The Morgan fingerprint density at radius 3 is 2.67 bits per heavy atom. The molecular formula is C21H30O3. The van der Waals surface area contributed by atoms with Crippen molar-refractivity contribution in [3.05, 3.63) is 11.1 Å². The summed E-state index contributed by atoms with van der Waals surface area (Å²) in [7, 11) is 0. The third-order valence-electron chi connectivity index (χ3n) is 8.24. The maximum absolute atomic E-state index is 12.5. The standard InChI is InChI=1S/C21H30O3/c1-13-11-14-12-21(23-9-10-24-21)8-6-15(14)16-5-7-20(2)17(19(13)16)3-4-18(20)22/h13,16-17,19H,3-12H2,1-2H3/t13-,16-,17+,19+,20-/m0/s1. The topological polar surface area (TPSA) is 35.5 Å². The van der Waals surface area contributed by atoms with E-state index in [1.165, 1.54) is 12.8 Å². The number of hydrogen-bond acceptors (Lipinski definition) is 3. The smallest absolute Gasteiger partial charge is 0.172 e. The van der Waals surface area contributed by atoms with Gasteiger partial charge in [0.05, 0.1) is 13.2 Å². The Hall–Kier alpha value is -0.670. The molecule has 0 N–H and O–H groups in total. The summed E-state index contributed by atoms with van der Waals surface area (Å²) in [5.74, 6) is 3.04. The summed E-state index contributed by atoms with van der Waals surface area (Å²) in [6.45, 7) is 6.23. The van der Waals surface area contributed by atoms with Crippen LogP contribution in [-0.2, 0) is 14.3 Å². The van der Waals surface area contributed by atoms with Crippen molar-refractivity contribution in [1.82, 2.24) is 0 Å². The molecule has 0 radical (unpaired) electrons. The van der Waals surface area contributed by atoms with Crippen LogP contribution in [0.3, 0.4) is 0 Å². The van der Waals surface area contributed by atoms with Crippen molar-refractivity contribution >= 4 is 5.78 Å². The van der Waals surface area contributed by atoms with Crippen LogP contribution in [0, 0.1) is 29.1 Å². The number of rotatable bonds is 0. The Morgan fingerprint density at radius 1 is 1.08 bits per heavy atom. The molecule has 5 rings (SSSR count). The predicted octanol–water partition coefficient (Wildman–Crippen LogP) is 4.26. The number of fused-ring (bicyclic) bond motifs is 4. The van der Waals surface area contributed by atoms with Crippen molar-refractivity contribution in [3.63, 3.8) is 0 Å². The lowest BCUT2D eigenvalue weighted by atomic mass is 9.51. The Kier molecular flexibility index (Phi) is 3.35. The normalized spacial score (nSPS) is 46.8. The quantitative estimate of drug-likeness (QED) is 0.623. The fourth-order valence-electron chi connectivity index (χ4n) is 7.12. The van der Waals surface area contributed by atoms with Crippen LogP contribution in [0.15, 0.2) is 11.1 Å². The number of carbonyl (C=O) groups excluding carboxylic acids is 1. The minimum Gasteiger partial charge on any atom is -0.347 e. The van der Waals surface area contributed by atoms with E-state index >= 15 is 0 Å². The Labute approximate surface area is 145 Å². The van der Waals surface area contributed by atoms with E-state index < -0.39 is 0 Å². The number of allylic oxidation sites excluding steroid dienone is 1. The average Bonchev–Trinajstić information content (AvgIpc) is 3.12. The van der Waals surface area contributed by atoms with Gasteiger partial charge in [-0.15, -0.1) is 0 Å². The highest BCUT2D eigenvalue weighted by Crippen LogP contribution is 2.62. The highest BCUT2D eigenvalue weighted by atomic mass is 16.7. The maximum Gasteiger partial charge on any atom is 0.172 e. The second-order valence-corrected chi connectivity index (χ2v) is 9.30. The molecule has 3 fully saturated rings. The molecule has 0 aromatic carbocycles. The van der Waals surface area contributed by atoms with Gasteiger partial charge in [0.1, 0.15) is 5.78 Å². The van der Waals surface area contributed by atoms with Gasteiger partial charge < -0.3 is 9.47 Å². The molecular weight excluding hydrogens is 300 g/mol. The molecule has 0 aromatic rings. The van der Waals surface area contributed by atoms with Gasteiger partial charge in [0, 0.05) is 24.7 Å². The van der Waals surface area contributed by atoms with Crippen LogP contribution in [0.25, 0.3) is 0 Å². The predicted molar refractivity (Wildman–Crippen MR) is 91.3 cm³/mol. The van der Waals surface area contributed by atoms with Crippen LogP contribution in [0.1, 0.15) is 65.2 Å². The molecule has 1 saturated heterocycles. The first kappa shape index (κ1) is 15.6. The van der Waals surface area contributed by atoms with Gasteiger partial charge in [-0.25, -0.2) is 0 Å². The van der Waals surface area contributed by atoms with E-state index in [-0.39, 0.29) is 11.2 Å². The molecule has 1 heterocycles. The van der Waals surface area contributed by atoms with Gasteiger partial charge in [-0.3, -0.25) is 4.79 Å². The van der Waals surface area contributed by atoms with Gasteiger partial charge in [0.25, 0.3) is 0 Å². The van der Waals surface area contributed by atoms with Gasteiger partial charge >= 0.3 is 0 Å². The SMILES string of the molecule is C[C@H]1CC2=C(CCC3(C2)OCCO3)[C@@H]2CC[C@]3(C)C(=O)CC[C@@H]3[C@H]12. The summed E-state index contributed by atoms with van der Waals surface area (Å²) in [6, 6.07) is 0. The van der Waals surface area contributed by atoms with E-state index in [9.17, 15) is 4.79 Å². The molecule has 4 aliphatic carbocycles. The van der Waals surface area contributed by atoms with Crippen molar-refractivity contribution in [2.45, 2.75) is 71.0 Å². The van der Waals surface area contributed by atoms with Gasteiger partial charge in [0.2, 0.25) is 0 Å². The number of ether oxygens (including phenoxy) is 2. The van der Waals surface area contributed by atoms with Gasteiger partial charge in [0.15, 0.2) is 5.79 Å². The van der Waals surface area contributed by atoms with Crippen molar-refractivity contribution in [2.75, 3.05) is 13.2 Å². The Balaban J connectivity index is 1.47. The summed E-state index contributed by atoms with van der Waals surface area (Å²) in [4.78, 5) is 12.5. The lowest BCUT2D eigenvalue weighted by molar-refractivity contribution is -0.166. The maximum atomic E-state index is 12.5. The van der Waals surface area contributed by atoms with E-state index in [1.54, 1.807) is 11.1 Å². The number of hydrogen-bond donors (Lipinski definition) is 0. The second kappa shape index (κ2) is 5.17. The minimum atomic E-state index is -0.294. The molecule has 0 amide bonds. The van der Waals surface area contributed by atoms with E-state index in [0.29, 0.717) is 17.6 Å². The van der Waals surface area contributed by atoms with Crippen molar-refractivity contribution in [2.24, 2.45) is 29.1 Å². The minimum absolute atomic E-state index is 0.0128. The third-order valence-corrected chi connectivity index (χ3v) is 8.24. The summed E-state index contributed by atoms with van der Waals surface area (Å²) in [5, 5.41) is 0. The molecule has 5 atom stereocenters. The molecule has 0 unspecified atom stereocenters. The summed E-state index contributed by atoms with van der Waals surface area (Å²) < 4.78 is 12.0. The largest absolute Gasteiger partial charge is 0.347 e. The molecule has 2 saturated carbocycles. The van der Waals surface area contributed by atoms with Crippen LogP contribution in [0.4, 0.5) is 0 Å². The van der Waals surface area contributed by atoms with E-state index in [0.717, 1.165) is 63.6 Å². The van der Waals surface area contributed by atoms with Gasteiger partial charge in [-0.1, -0.05) is 25.0 Å². The average molecular weight is 330 g/mol. The van der Waals surface area contributed by atoms with Crippen LogP contribution in [0.2, 0.25) is 0 Å². The number of ketones is 1. The summed E-state index contributed by atoms with van der Waals surface area (Å²) >= 11 is 0. The monoisotopic (exact) mass is 330 g/mol. The van der Waals surface area contributed by atoms with E-state index in [1.807, 2.05) is 0 Å². The summed E-state index contributed by atoms with van der Waals surface area (Å²) in [6.07, 6.45) is 8.68. The summed E-state index contributed by atoms with van der Waals surface area (Å²) in [5.41, 5.74) is 3.37. The lowest BCUT2D eigenvalue weighted by Crippen LogP contribution is -2.48. The Bertz CT molecular complexity index is 600. The van der Waals surface area contributed by atoms with Crippen molar-refractivity contribution < 1.29 is 14.3 Å². The fourth-order valence-corrected chi connectivity index (χ4v) is 7.12. The molecule has 132 valence electrons. The lowest BCUT2D eigenvalue weighted by Gasteiger charge is -2.53. The molecule has 3 heteroatoms. The first-order valence-corrected chi connectivity index (χ1v) is 10.0. The van der Waals surface area contributed by atoms with Crippen LogP contribution >= 0.6 is 0 Å². The molecule has 3 nitrogen and oxygen atoms in total. The fraction of sp³-hybridized carbons (Fsp3) is 0.857. The molecule has 0 bridgehead atoms. The van der Waals surface area contributed by atoms with Crippen molar-refractivity contribution in [1.29, 1.82) is 0 Å². The first-order valence-electron chi connectivity index (χ1n) is 10.0. The zero-order valence-corrected chi connectivity index (χ0v) is 15.1. The first-order chi connectivity index (χ1) is 11.5. The zero-order valence-electron chi connectivity index (χ0n) is 15.1. The highest BCUT2D eigenvalue weighted by Gasteiger charge is 2.57. The third kappa shape index (κ3) is 2.00.